The quantitative estimate of drug-likeness (QED) is 0.723. The number of anilines is 1. The molecule has 6 heteroatoms. The van der Waals surface area contributed by atoms with Crippen molar-refractivity contribution in [1.29, 1.82) is 0 Å². The average Bonchev–Trinajstić information content (AvgIpc) is 2.60. The van der Waals surface area contributed by atoms with Crippen molar-refractivity contribution in [2.75, 3.05) is 25.0 Å². The lowest BCUT2D eigenvalue weighted by Gasteiger charge is -2.20. The largest absolute Gasteiger partial charge is 0.490 e. The fourth-order valence-corrected chi connectivity index (χ4v) is 2.88. The molecule has 26 heavy (non-hydrogen) atoms. The molecule has 0 saturated carbocycles. The van der Waals surface area contributed by atoms with Crippen LogP contribution in [0.2, 0.25) is 0 Å². The van der Waals surface area contributed by atoms with Crippen molar-refractivity contribution in [3.8, 4) is 5.75 Å². The third kappa shape index (κ3) is 5.44. The third-order valence-corrected chi connectivity index (χ3v) is 4.28. The van der Waals surface area contributed by atoms with Crippen LogP contribution in [0.25, 0.3) is 0 Å². The van der Waals surface area contributed by atoms with Gasteiger partial charge in [-0.2, -0.15) is 0 Å². The van der Waals surface area contributed by atoms with Gasteiger partial charge < -0.3 is 15.4 Å². The molecule has 1 heterocycles. The van der Waals surface area contributed by atoms with Gasteiger partial charge in [-0.05, 0) is 43.5 Å². The van der Waals surface area contributed by atoms with Gasteiger partial charge in [-0.25, -0.2) is 4.39 Å². The van der Waals surface area contributed by atoms with E-state index in [0.717, 1.165) is 18.5 Å². The summed E-state index contributed by atoms with van der Waals surface area (Å²) in [5.41, 5.74) is 3.95. The fraction of sp³-hybridized carbons (Fsp3) is 0.350. The van der Waals surface area contributed by atoms with E-state index >= 15 is 0 Å². The molecule has 4 nitrogen and oxygen atoms in total. The van der Waals surface area contributed by atoms with Crippen molar-refractivity contribution in [2.45, 2.75) is 26.2 Å². The summed E-state index contributed by atoms with van der Waals surface area (Å²) in [4.78, 5) is 11.6. The maximum atomic E-state index is 13.7. The summed E-state index contributed by atoms with van der Waals surface area (Å²) in [7, 11) is 0. The predicted molar refractivity (Wildman–Crippen MR) is 104 cm³/mol. The lowest BCUT2D eigenvalue weighted by molar-refractivity contribution is -0.116. The molecule has 2 N–H and O–H groups in total. The summed E-state index contributed by atoms with van der Waals surface area (Å²) in [5.74, 6) is 0.0146. The Hall–Kier alpha value is -2.11. The van der Waals surface area contributed by atoms with Gasteiger partial charge in [0.05, 0.1) is 5.69 Å². The molecule has 1 amide bonds. The number of halogens is 2. The highest BCUT2D eigenvalue weighted by Gasteiger charge is 2.20. The van der Waals surface area contributed by atoms with E-state index in [2.05, 4.69) is 41.8 Å². The fourth-order valence-electron chi connectivity index (χ4n) is 2.88. The predicted octanol–water partition coefficient (Wildman–Crippen LogP) is 3.65. The molecular weight excluding hydrogens is 355 g/mol. The number of benzene rings is 2. The highest BCUT2D eigenvalue weighted by Crippen LogP contribution is 2.33. The minimum absolute atomic E-state index is 0. The van der Waals surface area contributed by atoms with Gasteiger partial charge >= 0.3 is 0 Å². The first kappa shape index (κ1) is 20.2. The van der Waals surface area contributed by atoms with Crippen LogP contribution in [0.15, 0.2) is 36.4 Å². The summed E-state index contributed by atoms with van der Waals surface area (Å²) in [6.07, 6.45) is 1.88. The third-order valence-electron chi connectivity index (χ3n) is 4.28. The summed E-state index contributed by atoms with van der Waals surface area (Å²) < 4.78 is 19.4. The lowest BCUT2D eigenvalue weighted by Crippen LogP contribution is -2.24. The molecule has 0 aliphatic carbocycles. The molecule has 0 unspecified atom stereocenters. The molecule has 0 fully saturated rings. The van der Waals surface area contributed by atoms with Crippen molar-refractivity contribution in [3.63, 3.8) is 0 Å². The highest BCUT2D eigenvalue weighted by molar-refractivity contribution is 5.95. The number of carbonyl (C=O) groups excluding carboxylic acids is 1. The smallest absolute Gasteiger partial charge is 0.224 e. The summed E-state index contributed by atoms with van der Waals surface area (Å²) in [6.45, 7) is 4.00. The monoisotopic (exact) mass is 378 g/mol. The van der Waals surface area contributed by atoms with Crippen LogP contribution in [-0.2, 0) is 17.6 Å². The Kier molecular flexibility index (Phi) is 7.42. The molecule has 0 atom stereocenters. The Morgan fingerprint density at radius 1 is 1.15 bits per heavy atom. The number of rotatable bonds is 7. The van der Waals surface area contributed by atoms with Crippen LogP contribution in [0.3, 0.4) is 0 Å². The Morgan fingerprint density at radius 2 is 1.92 bits per heavy atom. The number of amides is 1. The molecule has 2 aromatic carbocycles. The summed E-state index contributed by atoms with van der Waals surface area (Å²) in [6, 6.07) is 11.3. The van der Waals surface area contributed by atoms with Crippen molar-refractivity contribution in [2.24, 2.45) is 0 Å². The maximum absolute atomic E-state index is 13.7. The van der Waals surface area contributed by atoms with Crippen LogP contribution in [-0.4, -0.2) is 25.6 Å². The van der Waals surface area contributed by atoms with E-state index in [1.807, 2.05) is 0 Å². The van der Waals surface area contributed by atoms with Gasteiger partial charge in [-0.1, -0.05) is 29.8 Å². The minimum atomic E-state index is -0.336. The van der Waals surface area contributed by atoms with Gasteiger partial charge in [-0.3, -0.25) is 4.79 Å². The molecule has 0 radical (unpaired) electrons. The van der Waals surface area contributed by atoms with E-state index in [1.165, 1.54) is 23.3 Å². The molecule has 1 aliphatic rings. The zero-order valence-corrected chi connectivity index (χ0v) is 15.6. The number of carbonyl (C=O) groups is 1. The topological polar surface area (TPSA) is 50.4 Å². The lowest BCUT2D eigenvalue weighted by atomic mass is 10.0. The number of hydrogen-bond donors (Lipinski definition) is 2. The van der Waals surface area contributed by atoms with Gasteiger partial charge in [0.2, 0.25) is 5.91 Å². The summed E-state index contributed by atoms with van der Waals surface area (Å²) >= 11 is 0. The highest BCUT2D eigenvalue weighted by atomic mass is 35.5. The van der Waals surface area contributed by atoms with Crippen molar-refractivity contribution >= 4 is 24.0 Å². The van der Waals surface area contributed by atoms with E-state index in [0.29, 0.717) is 37.4 Å². The van der Waals surface area contributed by atoms with Gasteiger partial charge in [-0.15, -0.1) is 12.4 Å². The molecule has 2 aromatic rings. The Bertz CT molecular complexity index is 750. The Labute approximate surface area is 159 Å². The first-order chi connectivity index (χ1) is 12.1. The SMILES string of the molecule is Cc1ccc(CCNCCOc2cc(F)cc3c2NC(=O)CC3)cc1.Cl. The van der Waals surface area contributed by atoms with Gasteiger partial charge in [0.25, 0.3) is 0 Å². The molecule has 0 aromatic heterocycles. The molecule has 0 spiro atoms. The van der Waals surface area contributed by atoms with Crippen molar-refractivity contribution in [1.82, 2.24) is 5.32 Å². The molecule has 0 bridgehead atoms. The first-order valence-electron chi connectivity index (χ1n) is 8.63. The van der Waals surface area contributed by atoms with Gasteiger partial charge in [0.1, 0.15) is 18.2 Å². The van der Waals surface area contributed by atoms with E-state index < -0.39 is 0 Å². The standard InChI is InChI=1S/C20H23FN2O2.ClH/c1-14-2-4-15(5-3-14)8-9-22-10-11-25-18-13-17(21)12-16-6-7-19(24)23-20(16)18;/h2-5,12-13,22H,6-11H2,1H3,(H,23,24);1H. The second-order valence-electron chi connectivity index (χ2n) is 6.32. The minimum Gasteiger partial charge on any atom is -0.490 e. The second kappa shape index (κ2) is 9.55. The number of ether oxygens (including phenoxy) is 1. The van der Waals surface area contributed by atoms with E-state index in [-0.39, 0.29) is 24.1 Å². The maximum Gasteiger partial charge on any atom is 0.224 e. The van der Waals surface area contributed by atoms with Crippen molar-refractivity contribution < 1.29 is 13.9 Å². The normalized spacial score (nSPS) is 12.8. The van der Waals surface area contributed by atoms with Crippen molar-refractivity contribution in [3.05, 3.63) is 58.9 Å². The first-order valence-corrected chi connectivity index (χ1v) is 8.63. The number of nitrogens with one attached hydrogen (secondary N) is 2. The van der Waals surface area contributed by atoms with Crippen LogP contribution in [0.1, 0.15) is 23.1 Å². The molecule has 1 aliphatic heterocycles. The van der Waals surface area contributed by atoms with E-state index in [9.17, 15) is 9.18 Å². The number of aryl methyl sites for hydroxylation is 2. The number of fused-ring (bicyclic) bond motifs is 1. The van der Waals surface area contributed by atoms with E-state index in [4.69, 9.17) is 4.74 Å². The zero-order chi connectivity index (χ0) is 17.6. The number of hydrogen-bond acceptors (Lipinski definition) is 3. The van der Waals surface area contributed by atoms with Gasteiger partial charge in [0.15, 0.2) is 0 Å². The molecule has 140 valence electrons. The molecule has 0 saturated heterocycles. The van der Waals surface area contributed by atoms with Crippen LogP contribution in [0, 0.1) is 12.7 Å². The van der Waals surface area contributed by atoms with Crippen LogP contribution in [0.5, 0.6) is 5.75 Å². The molecular formula is C20H24ClFN2O2. The summed E-state index contributed by atoms with van der Waals surface area (Å²) in [5, 5.41) is 6.10. The Morgan fingerprint density at radius 3 is 2.69 bits per heavy atom. The Balaban J connectivity index is 0.00000243. The second-order valence-corrected chi connectivity index (χ2v) is 6.32. The van der Waals surface area contributed by atoms with Gasteiger partial charge in [0, 0.05) is 19.0 Å². The van der Waals surface area contributed by atoms with Crippen LogP contribution < -0.4 is 15.4 Å². The van der Waals surface area contributed by atoms with Crippen LogP contribution in [0.4, 0.5) is 10.1 Å². The van der Waals surface area contributed by atoms with E-state index in [1.54, 1.807) is 0 Å². The average molecular weight is 379 g/mol. The van der Waals surface area contributed by atoms with Crippen LogP contribution >= 0.6 is 12.4 Å². The molecule has 3 rings (SSSR count). The zero-order valence-electron chi connectivity index (χ0n) is 14.8.